The van der Waals surface area contributed by atoms with E-state index in [1.165, 1.54) is 6.92 Å². The summed E-state index contributed by atoms with van der Waals surface area (Å²) in [7, 11) is 0. The van der Waals surface area contributed by atoms with E-state index in [0.29, 0.717) is 6.42 Å². The van der Waals surface area contributed by atoms with Crippen LogP contribution in [0.3, 0.4) is 0 Å². The summed E-state index contributed by atoms with van der Waals surface area (Å²) in [6, 6.07) is 13.1. The lowest BCUT2D eigenvalue weighted by Gasteiger charge is -2.18. The molecule has 2 aromatic carbocycles. The van der Waals surface area contributed by atoms with Crippen molar-refractivity contribution in [2.75, 3.05) is 5.32 Å². The molecule has 2 aromatic rings. The number of halogens is 3. The minimum Gasteiger partial charge on any atom is -0.452 e. The van der Waals surface area contributed by atoms with Gasteiger partial charge in [0.25, 0.3) is 5.91 Å². The molecule has 144 valence electrons. The molecule has 4 nitrogen and oxygen atoms in total. The molecule has 0 spiro atoms. The number of nitrogens with one attached hydrogen (secondary N) is 1. The third-order valence-corrected chi connectivity index (χ3v) is 4.04. The molecule has 0 heterocycles. The molecule has 0 aliphatic carbocycles. The molecule has 2 rings (SSSR count). The Balaban J connectivity index is 1.97. The maximum atomic E-state index is 12.6. The molecule has 27 heavy (non-hydrogen) atoms. The summed E-state index contributed by atoms with van der Waals surface area (Å²) in [4.78, 5) is 24.5. The van der Waals surface area contributed by atoms with Crippen LogP contribution in [-0.2, 0) is 20.5 Å². The maximum Gasteiger partial charge on any atom is 0.416 e. The summed E-state index contributed by atoms with van der Waals surface area (Å²) >= 11 is 0. The van der Waals surface area contributed by atoms with E-state index in [-0.39, 0.29) is 5.69 Å². The number of hydrogen-bond acceptors (Lipinski definition) is 3. The van der Waals surface area contributed by atoms with Gasteiger partial charge in [0.15, 0.2) is 6.10 Å². The van der Waals surface area contributed by atoms with Gasteiger partial charge >= 0.3 is 12.1 Å². The van der Waals surface area contributed by atoms with Crippen LogP contribution in [0.1, 0.15) is 37.3 Å². The Labute approximate surface area is 155 Å². The summed E-state index contributed by atoms with van der Waals surface area (Å²) in [6.45, 7) is 3.25. The number of amides is 1. The number of esters is 1. The molecule has 0 unspecified atom stereocenters. The summed E-state index contributed by atoms with van der Waals surface area (Å²) in [6.07, 6.45) is -5.02. The standard InChI is InChI=1S/C20H20F3NO3/c1-3-17(14-7-5-4-6-8-14)19(26)27-13(2)18(25)24-16-11-9-15(10-12-16)20(21,22)23/h4-13,17H,3H2,1-2H3,(H,24,25)/t13-,17+/m0/s1. The lowest BCUT2D eigenvalue weighted by atomic mass is 9.97. The van der Waals surface area contributed by atoms with Crippen molar-refractivity contribution in [2.45, 2.75) is 38.5 Å². The number of hydrogen-bond donors (Lipinski definition) is 1. The van der Waals surface area contributed by atoms with Crippen molar-refractivity contribution in [3.8, 4) is 0 Å². The molecular weight excluding hydrogens is 359 g/mol. The second-order valence-electron chi connectivity index (χ2n) is 6.01. The van der Waals surface area contributed by atoms with Crippen molar-refractivity contribution >= 4 is 17.6 Å². The Morgan fingerprint density at radius 2 is 1.63 bits per heavy atom. The minimum absolute atomic E-state index is 0.186. The molecule has 0 aromatic heterocycles. The average molecular weight is 379 g/mol. The van der Waals surface area contributed by atoms with E-state index < -0.39 is 35.6 Å². The molecule has 0 bridgehead atoms. The van der Waals surface area contributed by atoms with Crippen LogP contribution in [-0.4, -0.2) is 18.0 Å². The molecule has 7 heteroatoms. The molecular formula is C20H20F3NO3. The first-order chi connectivity index (χ1) is 12.7. The second kappa shape index (κ2) is 8.70. The maximum absolute atomic E-state index is 12.6. The van der Waals surface area contributed by atoms with Crippen LogP contribution < -0.4 is 5.32 Å². The van der Waals surface area contributed by atoms with Gasteiger partial charge < -0.3 is 10.1 Å². The zero-order valence-electron chi connectivity index (χ0n) is 14.9. The predicted molar refractivity (Wildman–Crippen MR) is 95.1 cm³/mol. The van der Waals surface area contributed by atoms with Crippen molar-refractivity contribution in [2.24, 2.45) is 0 Å². The topological polar surface area (TPSA) is 55.4 Å². The first-order valence-electron chi connectivity index (χ1n) is 8.46. The summed E-state index contributed by atoms with van der Waals surface area (Å²) in [5.41, 5.74) is 0.167. The molecule has 0 aliphatic heterocycles. The van der Waals surface area contributed by atoms with E-state index in [1.807, 2.05) is 37.3 Å². The predicted octanol–water partition coefficient (Wildman–Crippen LogP) is 4.77. The zero-order chi connectivity index (χ0) is 20.0. The van der Waals surface area contributed by atoms with Crippen LogP contribution in [0.2, 0.25) is 0 Å². The number of rotatable bonds is 6. The second-order valence-corrected chi connectivity index (χ2v) is 6.01. The average Bonchev–Trinajstić information content (AvgIpc) is 2.63. The number of ether oxygens (including phenoxy) is 1. The normalized spacial score (nSPS) is 13.5. The SMILES string of the molecule is CC[C@@H](C(=O)O[C@@H](C)C(=O)Nc1ccc(C(F)(F)F)cc1)c1ccccc1. The van der Waals surface area contributed by atoms with Gasteiger partial charge in [-0.25, -0.2) is 0 Å². The third kappa shape index (κ3) is 5.57. The number of benzene rings is 2. The molecule has 1 amide bonds. The van der Waals surface area contributed by atoms with Crippen molar-refractivity contribution in [3.05, 3.63) is 65.7 Å². The summed E-state index contributed by atoms with van der Waals surface area (Å²) < 4.78 is 42.9. The third-order valence-electron chi connectivity index (χ3n) is 4.04. The van der Waals surface area contributed by atoms with Gasteiger partial charge in [-0.05, 0) is 43.2 Å². The van der Waals surface area contributed by atoms with Crippen LogP contribution >= 0.6 is 0 Å². The highest BCUT2D eigenvalue weighted by atomic mass is 19.4. The first-order valence-corrected chi connectivity index (χ1v) is 8.46. The summed E-state index contributed by atoms with van der Waals surface area (Å²) in [5.74, 6) is -1.64. The van der Waals surface area contributed by atoms with E-state index in [4.69, 9.17) is 4.74 Å². The quantitative estimate of drug-likeness (QED) is 0.736. The molecule has 0 aliphatic rings. The number of carbonyl (C=O) groups excluding carboxylic acids is 2. The number of alkyl halides is 3. The molecule has 0 fully saturated rings. The van der Waals surface area contributed by atoms with Gasteiger partial charge in [0.05, 0.1) is 11.5 Å². The molecule has 0 radical (unpaired) electrons. The number of anilines is 1. The monoisotopic (exact) mass is 379 g/mol. The molecule has 1 N–H and O–H groups in total. The minimum atomic E-state index is -4.45. The highest BCUT2D eigenvalue weighted by molar-refractivity contribution is 5.95. The van der Waals surface area contributed by atoms with Crippen molar-refractivity contribution in [3.63, 3.8) is 0 Å². The van der Waals surface area contributed by atoms with Crippen LogP contribution in [0.15, 0.2) is 54.6 Å². The van der Waals surface area contributed by atoms with Gasteiger partial charge in [0.1, 0.15) is 0 Å². The van der Waals surface area contributed by atoms with Crippen LogP contribution in [0.4, 0.5) is 18.9 Å². The van der Waals surface area contributed by atoms with Crippen molar-refractivity contribution in [1.82, 2.24) is 0 Å². The number of carbonyl (C=O) groups is 2. The fraction of sp³-hybridized carbons (Fsp3) is 0.300. The lowest BCUT2D eigenvalue weighted by molar-refractivity contribution is -0.154. The molecule has 0 saturated carbocycles. The van der Waals surface area contributed by atoms with Crippen LogP contribution in [0.25, 0.3) is 0 Å². The first kappa shape index (κ1) is 20.5. The van der Waals surface area contributed by atoms with E-state index >= 15 is 0 Å². The highest BCUT2D eigenvalue weighted by Crippen LogP contribution is 2.30. The molecule has 0 saturated heterocycles. The van der Waals surface area contributed by atoms with E-state index in [9.17, 15) is 22.8 Å². The Hall–Kier alpha value is -2.83. The van der Waals surface area contributed by atoms with Gasteiger partial charge in [-0.1, -0.05) is 37.3 Å². The lowest BCUT2D eigenvalue weighted by Crippen LogP contribution is -2.31. The van der Waals surface area contributed by atoms with Gasteiger partial charge in [-0.2, -0.15) is 13.2 Å². The van der Waals surface area contributed by atoms with Crippen molar-refractivity contribution in [1.29, 1.82) is 0 Å². The Morgan fingerprint density at radius 3 is 2.15 bits per heavy atom. The van der Waals surface area contributed by atoms with Gasteiger partial charge in [0, 0.05) is 5.69 Å². The smallest absolute Gasteiger partial charge is 0.416 e. The van der Waals surface area contributed by atoms with Gasteiger partial charge in [0.2, 0.25) is 0 Å². The Bertz CT molecular complexity index is 773. The summed E-state index contributed by atoms with van der Waals surface area (Å²) in [5, 5.41) is 2.44. The van der Waals surface area contributed by atoms with Gasteiger partial charge in [-0.3, -0.25) is 9.59 Å². The fourth-order valence-electron chi connectivity index (χ4n) is 2.52. The van der Waals surface area contributed by atoms with Crippen molar-refractivity contribution < 1.29 is 27.5 Å². The largest absolute Gasteiger partial charge is 0.452 e. The van der Waals surface area contributed by atoms with Crippen LogP contribution in [0, 0.1) is 0 Å². The molecule has 2 atom stereocenters. The van der Waals surface area contributed by atoms with Crippen LogP contribution in [0.5, 0.6) is 0 Å². The zero-order valence-corrected chi connectivity index (χ0v) is 14.9. The van der Waals surface area contributed by atoms with Gasteiger partial charge in [-0.15, -0.1) is 0 Å². The van der Waals surface area contributed by atoms with E-state index in [1.54, 1.807) is 0 Å². The Kier molecular flexibility index (Phi) is 6.60. The van der Waals surface area contributed by atoms with E-state index in [0.717, 1.165) is 29.8 Å². The highest BCUT2D eigenvalue weighted by Gasteiger charge is 2.30. The fourth-order valence-corrected chi connectivity index (χ4v) is 2.52. The Morgan fingerprint density at radius 1 is 1.04 bits per heavy atom. The van der Waals surface area contributed by atoms with E-state index in [2.05, 4.69) is 5.32 Å².